The molecule has 0 bridgehead atoms. The average molecular weight is 616 g/mol. The lowest BCUT2D eigenvalue weighted by atomic mass is 9.99. The van der Waals surface area contributed by atoms with E-state index in [-0.39, 0.29) is 0 Å². The van der Waals surface area contributed by atoms with E-state index in [1.165, 1.54) is 0 Å². The highest BCUT2D eigenvalue weighted by molar-refractivity contribution is 6.33. The van der Waals surface area contributed by atoms with Crippen molar-refractivity contribution in [3.8, 4) is 45.3 Å². The van der Waals surface area contributed by atoms with Gasteiger partial charge in [0.05, 0.1) is 5.39 Å². The first kappa shape index (κ1) is 26.6. The molecule has 0 spiro atoms. The molecule has 0 fully saturated rings. The number of hydrogen-bond acceptors (Lipinski definition) is 5. The monoisotopic (exact) mass is 615 g/mol. The zero-order valence-electron chi connectivity index (χ0n) is 25.6. The highest BCUT2D eigenvalue weighted by atomic mass is 16.3. The quantitative estimate of drug-likeness (QED) is 0.197. The first-order valence-electron chi connectivity index (χ1n) is 15.9. The van der Waals surface area contributed by atoms with Crippen molar-refractivity contribution >= 4 is 54.6 Å². The minimum absolute atomic E-state index is 0.581. The lowest BCUT2D eigenvalue weighted by Gasteiger charge is -2.09. The summed E-state index contributed by atoms with van der Waals surface area (Å²) in [5.41, 5.74) is 8.26. The molecule has 7 aromatic carbocycles. The summed E-state index contributed by atoms with van der Waals surface area (Å²) in [4.78, 5) is 14.9. The van der Waals surface area contributed by atoms with Crippen LogP contribution in [0.25, 0.3) is 99.9 Å². The van der Waals surface area contributed by atoms with Gasteiger partial charge in [0, 0.05) is 38.2 Å². The van der Waals surface area contributed by atoms with E-state index in [4.69, 9.17) is 23.8 Å². The SMILES string of the molecule is c1ccc(-c2ccc(-c3nc(-c4ccccc4)nc(-c4ccc5c(c4)oc4c5c5ccccc5c5oc6ccccc6c54)n3)cc2)cc1. The van der Waals surface area contributed by atoms with Gasteiger partial charge in [-0.2, -0.15) is 0 Å². The zero-order valence-corrected chi connectivity index (χ0v) is 25.6. The van der Waals surface area contributed by atoms with Crippen molar-refractivity contribution in [1.29, 1.82) is 0 Å². The number of para-hydroxylation sites is 1. The number of aromatic nitrogens is 3. The van der Waals surface area contributed by atoms with Gasteiger partial charge in [0.1, 0.15) is 22.3 Å². The molecule has 224 valence electrons. The largest absolute Gasteiger partial charge is 0.455 e. The van der Waals surface area contributed by atoms with Crippen LogP contribution >= 0.6 is 0 Å². The molecule has 48 heavy (non-hydrogen) atoms. The van der Waals surface area contributed by atoms with E-state index in [2.05, 4.69) is 91.0 Å². The van der Waals surface area contributed by atoms with Gasteiger partial charge < -0.3 is 8.83 Å². The first-order chi connectivity index (χ1) is 23.8. The summed E-state index contributed by atoms with van der Waals surface area (Å²) in [5, 5.41) is 6.30. The summed E-state index contributed by atoms with van der Waals surface area (Å²) < 4.78 is 13.2. The van der Waals surface area contributed by atoms with Crippen LogP contribution < -0.4 is 0 Å². The highest BCUT2D eigenvalue weighted by Crippen LogP contribution is 2.45. The fraction of sp³-hybridized carbons (Fsp3) is 0. The Kier molecular flexibility index (Phi) is 5.81. The molecule has 10 aromatic rings. The topological polar surface area (TPSA) is 65.0 Å². The molecule has 0 amide bonds. The summed E-state index contributed by atoms with van der Waals surface area (Å²) in [6, 6.07) is 51.5. The predicted octanol–water partition coefficient (Wildman–Crippen LogP) is 11.5. The fourth-order valence-corrected chi connectivity index (χ4v) is 6.83. The first-order valence-corrected chi connectivity index (χ1v) is 15.9. The maximum absolute atomic E-state index is 6.76. The summed E-state index contributed by atoms with van der Waals surface area (Å²) in [5.74, 6) is 1.81. The third-order valence-corrected chi connectivity index (χ3v) is 9.13. The Morgan fingerprint density at radius 2 is 0.792 bits per heavy atom. The Balaban J connectivity index is 1.18. The number of rotatable bonds is 4. The van der Waals surface area contributed by atoms with Crippen LogP contribution in [-0.4, -0.2) is 15.0 Å². The average Bonchev–Trinajstić information content (AvgIpc) is 3.74. The predicted molar refractivity (Wildman–Crippen MR) is 194 cm³/mol. The summed E-state index contributed by atoms with van der Waals surface area (Å²) in [6.07, 6.45) is 0. The van der Waals surface area contributed by atoms with E-state index in [1.54, 1.807) is 0 Å². The van der Waals surface area contributed by atoms with Gasteiger partial charge >= 0.3 is 0 Å². The van der Waals surface area contributed by atoms with Crippen LogP contribution in [0.4, 0.5) is 0 Å². The van der Waals surface area contributed by atoms with Crippen molar-refractivity contribution < 1.29 is 8.83 Å². The number of hydrogen-bond donors (Lipinski definition) is 0. The molecule has 5 heteroatoms. The van der Waals surface area contributed by atoms with Gasteiger partial charge in [0.15, 0.2) is 17.5 Å². The normalized spacial score (nSPS) is 11.8. The molecule has 0 aliphatic rings. The number of nitrogens with zero attached hydrogens (tertiary/aromatic N) is 3. The van der Waals surface area contributed by atoms with E-state index in [1.807, 2.05) is 60.7 Å². The highest BCUT2D eigenvalue weighted by Gasteiger charge is 2.21. The molecule has 3 heterocycles. The molecule has 0 aliphatic heterocycles. The molecule has 10 rings (SSSR count). The van der Waals surface area contributed by atoms with Gasteiger partial charge in [-0.3, -0.25) is 0 Å². The van der Waals surface area contributed by atoms with E-state index in [9.17, 15) is 0 Å². The fourth-order valence-electron chi connectivity index (χ4n) is 6.83. The van der Waals surface area contributed by atoms with Gasteiger partial charge in [-0.15, -0.1) is 0 Å². The Bertz CT molecular complexity index is 2820. The minimum atomic E-state index is 0.581. The molecular formula is C43H25N3O2. The van der Waals surface area contributed by atoms with Crippen LogP contribution in [0.5, 0.6) is 0 Å². The Morgan fingerprint density at radius 1 is 0.312 bits per heavy atom. The van der Waals surface area contributed by atoms with E-state index >= 15 is 0 Å². The lowest BCUT2D eigenvalue weighted by molar-refractivity contribution is 0.665. The van der Waals surface area contributed by atoms with Crippen molar-refractivity contribution in [1.82, 2.24) is 15.0 Å². The van der Waals surface area contributed by atoms with Crippen molar-refractivity contribution in [2.24, 2.45) is 0 Å². The number of benzene rings is 7. The standard InChI is InChI=1S/C43H25N3O2/c1-3-11-26(12-4-1)27-19-21-29(22-20-27)42-44-41(28-13-5-2-6-14-28)45-43(46-42)30-23-24-34-36(25-30)48-40-37(34)31-15-7-8-16-32(31)39-38(40)33-17-9-10-18-35(33)47-39/h1-25H. The molecule has 0 unspecified atom stereocenters. The van der Waals surface area contributed by atoms with Gasteiger partial charge in [0.25, 0.3) is 0 Å². The van der Waals surface area contributed by atoms with Gasteiger partial charge in [-0.25, -0.2) is 15.0 Å². The van der Waals surface area contributed by atoms with Crippen LogP contribution in [0, 0.1) is 0 Å². The van der Waals surface area contributed by atoms with Gasteiger partial charge in [-0.05, 0) is 34.7 Å². The van der Waals surface area contributed by atoms with Crippen molar-refractivity contribution in [3.63, 3.8) is 0 Å². The lowest BCUT2D eigenvalue weighted by Crippen LogP contribution is -2.00. The second kappa shape index (κ2) is 10.5. The molecule has 0 saturated carbocycles. The van der Waals surface area contributed by atoms with Crippen LogP contribution in [0.2, 0.25) is 0 Å². The van der Waals surface area contributed by atoms with Crippen LogP contribution in [-0.2, 0) is 0 Å². The summed E-state index contributed by atoms with van der Waals surface area (Å²) in [7, 11) is 0. The molecule has 0 saturated heterocycles. The zero-order chi connectivity index (χ0) is 31.6. The number of furan rings is 2. The molecular weight excluding hydrogens is 590 g/mol. The van der Waals surface area contributed by atoms with E-state index in [0.717, 1.165) is 82.5 Å². The van der Waals surface area contributed by atoms with Crippen molar-refractivity contribution in [2.75, 3.05) is 0 Å². The van der Waals surface area contributed by atoms with E-state index in [0.29, 0.717) is 17.5 Å². The van der Waals surface area contributed by atoms with E-state index < -0.39 is 0 Å². The smallest absolute Gasteiger partial charge is 0.164 e. The second-order valence-corrected chi connectivity index (χ2v) is 12.0. The van der Waals surface area contributed by atoms with Gasteiger partial charge in [-0.1, -0.05) is 133 Å². The second-order valence-electron chi connectivity index (χ2n) is 12.0. The maximum Gasteiger partial charge on any atom is 0.164 e. The van der Waals surface area contributed by atoms with Crippen molar-refractivity contribution in [2.45, 2.75) is 0 Å². The van der Waals surface area contributed by atoms with Crippen LogP contribution in [0.15, 0.2) is 160 Å². The Labute approximate surface area is 274 Å². The number of fused-ring (bicyclic) bond motifs is 10. The van der Waals surface area contributed by atoms with Crippen LogP contribution in [0.3, 0.4) is 0 Å². The van der Waals surface area contributed by atoms with Crippen LogP contribution in [0.1, 0.15) is 0 Å². The molecule has 0 radical (unpaired) electrons. The van der Waals surface area contributed by atoms with Crippen molar-refractivity contribution in [3.05, 3.63) is 152 Å². The third-order valence-electron chi connectivity index (χ3n) is 9.13. The summed E-state index contributed by atoms with van der Waals surface area (Å²) >= 11 is 0. The summed E-state index contributed by atoms with van der Waals surface area (Å²) in [6.45, 7) is 0. The minimum Gasteiger partial charge on any atom is -0.455 e. The third kappa shape index (κ3) is 4.15. The van der Waals surface area contributed by atoms with Gasteiger partial charge in [0.2, 0.25) is 0 Å². The molecule has 0 N–H and O–H groups in total. The molecule has 3 aromatic heterocycles. The molecule has 0 atom stereocenters. The Morgan fingerprint density at radius 3 is 1.52 bits per heavy atom. The Hall–Kier alpha value is -6.59. The maximum atomic E-state index is 6.76. The molecule has 5 nitrogen and oxygen atoms in total. The molecule has 0 aliphatic carbocycles.